The molecule has 1 aliphatic carbocycles. The van der Waals surface area contributed by atoms with Crippen LogP contribution in [-0.4, -0.2) is 26.6 Å². The Labute approximate surface area is 193 Å². The molecule has 1 saturated carbocycles. The number of nitriles is 1. The summed E-state index contributed by atoms with van der Waals surface area (Å²) in [4.78, 5) is 29.1. The predicted molar refractivity (Wildman–Crippen MR) is 128 cm³/mol. The number of rotatable bonds is 4. The van der Waals surface area contributed by atoms with Crippen molar-refractivity contribution in [1.29, 1.82) is 5.26 Å². The lowest BCUT2D eigenvalue weighted by molar-refractivity contribution is -0.0328. The highest BCUT2D eigenvalue weighted by atomic mass is 16.4. The number of aromatic nitrogens is 1. The van der Waals surface area contributed by atoms with Crippen LogP contribution in [0.2, 0.25) is 0 Å². The molecule has 4 rings (SSSR count). The molecule has 0 spiro atoms. The Kier molecular flexibility index (Phi) is 5.59. The molecule has 33 heavy (non-hydrogen) atoms. The van der Waals surface area contributed by atoms with Gasteiger partial charge < -0.3 is 10.1 Å². The van der Waals surface area contributed by atoms with Gasteiger partial charge in [0.05, 0.1) is 11.2 Å². The molecule has 1 aromatic heterocycles. The van der Waals surface area contributed by atoms with E-state index in [2.05, 4.69) is 4.98 Å². The zero-order valence-electron chi connectivity index (χ0n) is 19.1. The van der Waals surface area contributed by atoms with Crippen molar-refractivity contribution < 1.29 is 9.90 Å². The Morgan fingerprint density at radius 1 is 1.06 bits per heavy atom. The maximum atomic E-state index is 12.4. The van der Waals surface area contributed by atoms with Gasteiger partial charge in [-0.2, -0.15) is 5.26 Å². The van der Waals surface area contributed by atoms with Crippen LogP contribution in [0, 0.1) is 11.3 Å². The summed E-state index contributed by atoms with van der Waals surface area (Å²) >= 11 is 0. The predicted octanol–water partition coefficient (Wildman–Crippen LogP) is 5.74. The van der Waals surface area contributed by atoms with E-state index in [-0.39, 0.29) is 5.56 Å². The number of carbonyl (C=O) groups is 1. The van der Waals surface area contributed by atoms with Gasteiger partial charge in [-0.05, 0) is 62.8 Å². The maximum Gasteiger partial charge on any atom is 0.408 e. The van der Waals surface area contributed by atoms with Gasteiger partial charge in [-0.3, -0.25) is 9.69 Å². The van der Waals surface area contributed by atoms with Crippen molar-refractivity contribution in [2.75, 3.05) is 0 Å². The highest BCUT2D eigenvalue weighted by Gasteiger charge is 2.50. The molecule has 2 N–H and O–H groups in total. The molecule has 0 saturated heterocycles. The molecule has 2 aromatic carbocycles. The van der Waals surface area contributed by atoms with E-state index < -0.39 is 22.7 Å². The molecular weight excluding hydrogens is 414 g/mol. The van der Waals surface area contributed by atoms with E-state index >= 15 is 0 Å². The number of amides is 1. The maximum absolute atomic E-state index is 12.4. The van der Waals surface area contributed by atoms with E-state index in [9.17, 15) is 20.0 Å². The molecule has 0 unspecified atom stereocenters. The van der Waals surface area contributed by atoms with Crippen LogP contribution in [0.4, 0.5) is 4.79 Å². The zero-order chi connectivity index (χ0) is 23.8. The van der Waals surface area contributed by atoms with Crippen molar-refractivity contribution >= 4 is 6.09 Å². The second-order valence-corrected chi connectivity index (χ2v) is 9.53. The second-order valence-electron chi connectivity index (χ2n) is 9.53. The van der Waals surface area contributed by atoms with Crippen molar-refractivity contribution in [2.45, 2.75) is 51.1 Å². The van der Waals surface area contributed by atoms with Crippen LogP contribution < -0.4 is 5.56 Å². The summed E-state index contributed by atoms with van der Waals surface area (Å²) in [5, 5.41) is 19.4. The lowest BCUT2D eigenvalue weighted by atomic mass is 9.69. The Balaban J connectivity index is 1.81. The van der Waals surface area contributed by atoms with E-state index in [0.29, 0.717) is 5.69 Å². The van der Waals surface area contributed by atoms with Gasteiger partial charge in [0.1, 0.15) is 11.6 Å². The van der Waals surface area contributed by atoms with E-state index in [0.717, 1.165) is 41.5 Å². The summed E-state index contributed by atoms with van der Waals surface area (Å²) in [5.74, 6) is 0. The minimum absolute atomic E-state index is 0.0601. The molecule has 6 heteroatoms. The number of nitrogens with zero attached hydrogens (tertiary/aromatic N) is 2. The second kappa shape index (κ2) is 8.25. The Hall–Kier alpha value is -3.85. The van der Waals surface area contributed by atoms with E-state index in [1.165, 1.54) is 0 Å². The molecule has 0 aliphatic heterocycles. The number of nitrogens with one attached hydrogen (secondary N) is 1. The summed E-state index contributed by atoms with van der Waals surface area (Å²) < 4.78 is 0. The van der Waals surface area contributed by atoms with Crippen molar-refractivity contribution in [1.82, 2.24) is 9.88 Å². The Morgan fingerprint density at radius 3 is 2.18 bits per heavy atom. The molecule has 1 fully saturated rings. The Morgan fingerprint density at radius 2 is 1.70 bits per heavy atom. The first-order chi connectivity index (χ1) is 15.7. The molecule has 6 nitrogen and oxygen atoms in total. The van der Waals surface area contributed by atoms with Crippen LogP contribution in [0.1, 0.15) is 51.2 Å². The standard InChI is InChI=1S/C27H27N3O3/c1-26(2,3)30(25(32)33)27(14-7-15-27)21-12-10-19(11-13-21)23-22(18-8-5-4-6-9-18)16-20(17-28)24(31)29-23/h4-6,8-13,16H,7,14-15H2,1-3H3,(H,29,31)(H,32,33). The van der Waals surface area contributed by atoms with Gasteiger partial charge in [0, 0.05) is 11.1 Å². The van der Waals surface area contributed by atoms with Gasteiger partial charge in [-0.25, -0.2) is 4.79 Å². The van der Waals surface area contributed by atoms with E-state index in [1.807, 2.05) is 81.4 Å². The lowest BCUT2D eigenvalue weighted by Crippen LogP contribution is -2.60. The minimum Gasteiger partial charge on any atom is -0.465 e. The van der Waals surface area contributed by atoms with Gasteiger partial charge in [0.2, 0.25) is 0 Å². The molecular formula is C27H27N3O3. The smallest absolute Gasteiger partial charge is 0.408 e. The molecule has 0 radical (unpaired) electrons. The van der Waals surface area contributed by atoms with E-state index in [1.54, 1.807) is 11.0 Å². The SMILES string of the molecule is CC(C)(C)N(C(=O)O)C1(c2ccc(-c3[nH]c(=O)c(C#N)cc3-c3ccccc3)cc2)CCC1. The normalized spacial score (nSPS) is 14.7. The highest BCUT2D eigenvalue weighted by molar-refractivity contribution is 5.81. The summed E-state index contributed by atoms with van der Waals surface area (Å²) in [5.41, 5.74) is 2.57. The number of hydrogen-bond donors (Lipinski definition) is 2. The zero-order valence-corrected chi connectivity index (χ0v) is 19.1. The molecule has 0 atom stereocenters. The third kappa shape index (κ3) is 3.91. The van der Waals surface area contributed by atoms with Crippen LogP contribution in [0.15, 0.2) is 65.5 Å². The third-order valence-electron chi connectivity index (χ3n) is 6.43. The lowest BCUT2D eigenvalue weighted by Gasteiger charge is -2.54. The topological polar surface area (TPSA) is 97.2 Å². The highest BCUT2D eigenvalue weighted by Crippen LogP contribution is 2.49. The number of carboxylic acid groups (broad SMARTS) is 1. The van der Waals surface area contributed by atoms with E-state index in [4.69, 9.17) is 0 Å². The molecule has 0 bridgehead atoms. The summed E-state index contributed by atoms with van der Waals surface area (Å²) in [6.07, 6.45) is 1.61. The monoisotopic (exact) mass is 441 g/mol. The van der Waals surface area contributed by atoms with Gasteiger partial charge in [0.15, 0.2) is 0 Å². The van der Waals surface area contributed by atoms with Gasteiger partial charge in [0.25, 0.3) is 5.56 Å². The number of pyridine rings is 1. The minimum atomic E-state index is -0.922. The van der Waals surface area contributed by atoms with Crippen molar-refractivity contribution in [3.05, 3.63) is 82.1 Å². The third-order valence-corrected chi connectivity index (χ3v) is 6.43. The quantitative estimate of drug-likeness (QED) is 0.540. The van der Waals surface area contributed by atoms with Crippen LogP contribution in [0.3, 0.4) is 0 Å². The van der Waals surface area contributed by atoms with Gasteiger partial charge in [-0.1, -0.05) is 54.6 Å². The fraction of sp³-hybridized carbons (Fsp3) is 0.296. The summed E-state index contributed by atoms with van der Waals surface area (Å²) in [6, 6.07) is 20.9. The van der Waals surface area contributed by atoms with Crippen LogP contribution in [-0.2, 0) is 5.54 Å². The fourth-order valence-electron chi connectivity index (χ4n) is 4.90. The number of hydrogen-bond acceptors (Lipinski definition) is 3. The molecule has 1 heterocycles. The molecule has 1 amide bonds. The number of H-pyrrole nitrogens is 1. The fourth-order valence-corrected chi connectivity index (χ4v) is 4.90. The summed E-state index contributed by atoms with van der Waals surface area (Å²) in [6.45, 7) is 5.76. The van der Waals surface area contributed by atoms with Gasteiger partial charge >= 0.3 is 6.09 Å². The number of aromatic amines is 1. The first-order valence-electron chi connectivity index (χ1n) is 11.0. The van der Waals surface area contributed by atoms with Crippen molar-refractivity contribution in [3.63, 3.8) is 0 Å². The number of benzene rings is 2. The first kappa shape index (κ1) is 22.3. The first-order valence-corrected chi connectivity index (χ1v) is 11.0. The van der Waals surface area contributed by atoms with Gasteiger partial charge in [-0.15, -0.1) is 0 Å². The molecule has 168 valence electrons. The molecule has 1 aliphatic rings. The molecule has 3 aromatic rings. The van der Waals surface area contributed by atoms with Crippen LogP contribution in [0.25, 0.3) is 22.4 Å². The van der Waals surface area contributed by atoms with Crippen LogP contribution >= 0.6 is 0 Å². The summed E-state index contributed by atoms with van der Waals surface area (Å²) in [7, 11) is 0. The average Bonchev–Trinajstić information content (AvgIpc) is 2.75. The van der Waals surface area contributed by atoms with Crippen LogP contribution in [0.5, 0.6) is 0 Å². The largest absolute Gasteiger partial charge is 0.465 e. The Bertz CT molecular complexity index is 1280. The average molecular weight is 442 g/mol. The van der Waals surface area contributed by atoms with Crippen molar-refractivity contribution in [2.24, 2.45) is 0 Å². The van der Waals surface area contributed by atoms with Crippen molar-refractivity contribution in [3.8, 4) is 28.5 Å².